The number of aryl methyl sites for hydroxylation is 1. The summed E-state index contributed by atoms with van der Waals surface area (Å²) in [4.78, 5) is 12.2. The summed E-state index contributed by atoms with van der Waals surface area (Å²) in [6.45, 7) is 1.21. The van der Waals surface area contributed by atoms with Crippen LogP contribution in [0.1, 0.15) is 30.9 Å². The lowest BCUT2D eigenvalue weighted by atomic mass is 10.1. The van der Waals surface area contributed by atoms with Crippen molar-refractivity contribution in [1.82, 2.24) is 20.1 Å². The first-order valence-corrected chi connectivity index (χ1v) is 9.58. The van der Waals surface area contributed by atoms with Crippen molar-refractivity contribution in [3.8, 4) is 5.75 Å². The molecule has 0 radical (unpaired) electrons. The van der Waals surface area contributed by atoms with E-state index in [1.165, 1.54) is 6.42 Å². The number of nitrogens with one attached hydrogen (secondary N) is 1. The van der Waals surface area contributed by atoms with Crippen molar-refractivity contribution in [2.24, 2.45) is 0 Å². The Morgan fingerprint density at radius 1 is 1.11 bits per heavy atom. The molecule has 0 saturated heterocycles. The second-order valence-corrected chi connectivity index (χ2v) is 7.06. The van der Waals surface area contributed by atoms with E-state index in [0.717, 1.165) is 48.2 Å². The van der Waals surface area contributed by atoms with Gasteiger partial charge in [-0.05, 0) is 25.0 Å². The molecule has 27 heavy (non-hydrogen) atoms. The molecule has 2 aromatic carbocycles. The smallest absolute Gasteiger partial charge is 0.258 e. The fourth-order valence-electron chi connectivity index (χ4n) is 3.41. The predicted octanol–water partition coefficient (Wildman–Crippen LogP) is 3.51. The van der Waals surface area contributed by atoms with Crippen LogP contribution < -0.4 is 10.1 Å². The number of amides is 1. The topological polar surface area (TPSA) is 69.0 Å². The van der Waals surface area contributed by atoms with Gasteiger partial charge >= 0.3 is 0 Å². The summed E-state index contributed by atoms with van der Waals surface area (Å²) in [6, 6.07) is 11.3. The van der Waals surface area contributed by atoms with Gasteiger partial charge in [-0.15, -0.1) is 10.2 Å². The second-order valence-electron chi connectivity index (χ2n) is 6.65. The average Bonchev–Trinajstić information content (AvgIpc) is 2.92. The SMILES string of the molecule is O=C(COc1ccc(Cl)c2ccccc12)NCc1nnc2n1CCCCC2. The van der Waals surface area contributed by atoms with Crippen molar-refractivity contribution >= 4 is 28.3 Å². The number of carbonyl (C=O) groups is 1. The maximum atomic E-state index is 12.2. The molecule has 6 nitrogen and oxygen atoms in total. The first-order chi connectivity index (χ1) is 13.2. The van der Waals surface area contributed by atoms with Crippen molar-refractivity contribution < 1.29 is 9.53 Å². The normalized spacial score (nSPS) is 13.8. The van der Waals surface area contributed by atoms with Crippen LogP contribution in [0.5, 0.6) is 5.75 Å². The number of fused-ring (bicyclic) bond motifs is 2. The van der Waals surface area contributed by atoms with Gasteiger partial charge in [0.1, 0.15) is 11.6 Å². The van der Waals surface area contributed by atoms with Gasteiger partial charge in [0.15, 0.2) is 12.4 Å². The largest absolute Gasteiger partial charge is 0.483 e. The van der Waals surface area contributed by atoms with E-state index in [9.17, 15) is 4.79 Å². The van der Waals surface area contributed by atoms with E-state index < -0.39 is 0 Å². The van der Waals surface area contributed by atoms with Crippen molar-refractivity contribution in [1.29, 1.82) is 0 Å². The molecule has 0 aliphatic carbocycles. The zero-order valence-electron chi connectivity index (χ0n) is 14.9. The Kier molecular flexibility index (Phi) is 5.25. The van der Waals surface area contributed by atoms with E-state index in [1.54, 1.807) is 12.1 Å². The van der Waals surface area contributed by atoms with Gasteiger partial charge in [0, 0.05) is 28.8 Å². The number of aromatic nitrogens is 3. The van der Waals surface area contributed by atoms with E-state index in [2.05, 4.69) is 20.1 Å². The Balaban J connectivity index is 1.37. The van der Waals surface area contributed by atoms with Crippen LogP contribution in [0.4, 0.5) is 0 Å². The standard InChI is InChI=1S/C20H21ClN4O2/c21-16-9-10-17(15-7-4-3-6-14(15)16)27-13-20(26)22-12-19-24-23-18-8-2-1-5-11-25(18)19/h3-4,6-7,9-10H,1-2,5,8,11-13H2,(H,22,26). The number of hydrogen-bond donors (Lipinski definition) is 1. The summed E-state index contributed by atoms with van der Waals surface area (Å²) in [5, 5.41) is 13.8. The lowest BCUT2D eigenvalue weighted by Crippen LogP contribution is -2.29. The van der Waals surface area contributed by atoms with Gasteiger partial charge in [-0.3, -0.25) is 4.79 Å². The number of benzene rings is 2. The third-order valence-electron chi connectivity index (χ3n) is 4.82. The van der Waals surface area contributed by atoms with E-state index in [1.807, 2.05) is 24.3 Å². The summed E-state index contributed by atoms with van der Waals surface area (Å²) in [5.41, 5.74) is 0. The highest BCUT2D eigenvalue weighted by molar-refractivity contribution is 6.35. The summed E-state index contributed by atoms with van der Waals surface area (Å²) < 4.78 is 7.85. The number of hydrogen-bond acceptors (Lipinski definition) is 4. The molecule has 0 atom stereocenters. The van der Waals surface area contributed by atoms with Crippen LogP contribution in [0.3, 0.4) is 0 Å². The van der Waals surface area contributed by atoms with E-state index in [4.69, 9.17) is 16.3 Å². The number of rotatable bonds is 5. The van der Waals surface area contributed by atoms with E-state index in [-0.39, 0.29) is 12.5 Å². The molecule has 1 aliphatic heterocycles. The molecule has 1 aromatic heterocycles. The number of ether oxygens (including phenoxy) is 1. The zero-order chi connectivity index (χ0) is 18.6. The highest BCUT2D eigenvalue weighted by Crippen LogP contribution is 2.31. The molecule has 4 rings (SSSR count). The minimum atomic E-state index is -0.194. The first kappa shape index (κ1) is 17.8. The molecule has 7 heteroatoms. The quantitative estimate of drug-likeness (QED) is 0.730. The fraction of sp³-hybridized carbons (Fsp3) is 0.350. The maximum absolute atomic E-state index is 12.2. The molecule has 2 heterocycles. The summed E-state index contributed by atoms with van der Waals surface area (Å²) in [5.74, 6) is 2.26. The summed E-state index contributed by atoms with van der Waals surface area (Å²) in [6.07, 6.45) is 4.43. The van der Waals surface area contributed by atoms with Crippen LogP contribution in [0.25, 0.3) is 10.8 Å². The Morgan fingerprint density at radius 3 is 2.85 bits per heavy atom. The van der Waals surface area contributed by atoms with Gasteiger partial charge in [-0.2, -0.15) is 0 Å². The molecule has 0 bridgehead atoms. The zero-order valence-corrected chi connectivity index (χ0v) is 15.7. The minimum absolute atomic E-state index is 0.0629. The van der Waals surface area contributed by atoms with Crippen molar-refractivity contribution in [3.63, 3.8) is 0 Å². The van der Waals surface area contributed by atoms with Gasteiger partial charge in [0.05, 0.1) is 6.54 Å². The minimum Gasteiger partial charge on any atom is -0.483 e. The van der Waals surface area contributed by atoms with Crippen molar-refractivity contribution in [2.75, 3.05) is 6.61 Å². The Morgan fingerprint density at radius 2 is 1.96 bits per heavy atom. The van der Waals surface area contributed by atoms with E-state index in [0.29, 0.717) is 17.3 Å². The van der Waals surface area contributed by atoms with Crippen LogP contribution in [0.2, 0.25) is 5.02 Å². The molecule has 0 fully saturated rings. The number of carbonyl (C=O) groups excluding carboxylic acids is 1. The number of halogens is 1. The first-order valence-electron chi connectivity index (χ1n) is 9.20. The molecule has 1 aliphatic rings. The molecule has 0 unspecified atom stereocenters. The Hall–Kier alpha value is -2.60. The molecular weight excluding hydrogens is 364 g/mol. The monoisotopic (exact) mass is 384 g/mol. The van der Waals surface area contributed by atoms with Gasteiger partial charge in [0.25, 0.3) is 5.91 Å². The van der Waals surface area contributed by atoms with Crippen LogP contribution in [-0.2, 0) is 24.3 Å². The lowest BCUT2D eigenvalue weighted by Gasteiger charge is -2.11. The van der Waals surface area contributed by atoms with Crippen LogP contribution in [0, 0.1) is 0 Å². The third-order valence-corrected chi connectivity index (χ3v) is 5.15. The molecule has 1 amide bonds. The average molecular weight is 385 g/mol. The van der Waals surface area contributed by atoms with Crippen molar-refractivity contribution in [2.45, 2.75) is 38.8 Å². The van der Waals surface area contributed by atoms with Crippen LogP contribution in [-0.4, -0.2) is 27.3 Å². The van der Waals surface area contributed by atoms with Crippen LogP contribution in [0.15, 0.2) is 36.4 Å². The molecule has 140 valence electrons. The van der Waals surface area contributed by atoms with E-state index >= 15 is 0 Å². The maximum Gasteiger partial charge on any atom is 0.258 e. The molecule has 0 saturated carbocycles. The third kappa shape index (κ3) is 3.90. The van der Waals surface area contributed by atoms with Gasteiger partial charge in [-0.1, -0.05) is 42.3 Å². The lowest BCUT2D eigenvalue weighted by molar-refractivity contribution is -0.123. The highest BCUT2D eigenvalue weighted by Gasteiger charge is 2.15. The number of nitrogens with zero attached hydrogens (tertiary/aromatic N) is 3. The molecule has 3 aromatic rings. The molecule has 1 N–H and O–H groups in total. The van der Waals surface area contributed by atoms with Gasteiger partial charge in [-0.25, -0.2) is 0 Å². The van der Waals surface area contributed by atoms with Gasteiger partial charge in [0.2, 0.25) is 0 Å². The Bertz CT molecular complexity index is 970. The summed E-state index contributed by atoms with van der Waals surface area (Å²) >= 11 is 6.22. The molecule has 0 spiro atoms. The fourth-order valence-corrected chi connectivity index (χ4v) is 3.64. The second kappa shape index (κ2) is 7.96. The van der Waals surface area contributed by atoms with Crippen LogP contribution >= 0.6 is 11.6 Å². The predicted molar refractivity (Wildman–Crippen MR) is 104 cm³/mol. The summed E-state index contributed by atoms with van der Waals surface area (Å²) in [7, 11) is 0. The van der Waals surface area contributed by atoms with Crippen molar-refractivity contribution in [3.05, 3.63) is 53.1 Å². The van der Waals surface area contributed by atoms with Gasteiger partial charge < -0.3 is 14.6 Å². The Labute approximate surface area is 162 Å². The highest BCUT2D eigenvalue weighted by atomic mass is 35.5. The molecular formula is C20H21ClN4O2.